The van der Waals surface area contributed by atoms with Crippen LogP contribution in [0.1, 0.15) is 25.7 Å². The molecule has 0 aromatic heterocycles. The normalized spacial score (nSPS) is 47.4. The van der Waals surface area contributed by atoms with Crippen molar-refractivity contribution in [3.05, 3.63) is 0 Å². The van der Waals surface area contributed by atoms with Crippen molar-refractivity contribution in [1.82, 2.24) is 0 Å². The van der Waals surface area contributed by atoms with E-state index in [4.69, 9.17) is 21.2 Å². The summed E-state index contributed by atoms with van der Waals surface area (Å²) in [5.74, 6) is 0.789. The van der Waals surface area contributed by atoms with Gasteiger partial charge >= 0.3 is 17.1 Å². The zero-order chi connectivity index (χ0) is 15.1. The molecule has 1 aliphatic carbocycles. The van der Waals surface area contributed by atoms with Crippen molar-refractivity contribution >= 4 is 36.4 Å². The zero-order valence-electron chi connectivity index (χ0n) is 13.6. The van der Waals surface area contributed by atoms with E-state index in [2.05, 4.69) is 26.2 Å². The van der Waals surface area contributed by atoms with Gasteiger partial charge in [0.1, 0.15) is 0 Å². The fraction of sp³-hybridized carbons (Fsp3) is 1.00. The van der Waals surface area contributed by atoms with Crippen LogP contribution in [0.15, 0.2) is 0 Å². The Hall–Kier alpha value is 0.668. The molecule has 5 unspecified atom stereocenters. The molecule has 5 nitrogen and oxygen atoms in total. The van der Waals surface area contributed by atoms with Crippen LogP contribution >= 0.6 is 0 Å². The van der Waals surface area contributed by atoms with Crippen LogP contribution in [0, 0.1) is 5.92 Å². The van der Waals surface area contributed by atoms with Crippen molar-refractivity contribution in [3.8, 4) is 0 Å². The Morgan fingerprint density at radius 3 is 2.76 bits per heavy atom. The predicted octanol–water partition coefficient (Wildman–Crippen LogP) is 1.65. The second-order valence-corrected chi connectivity index (χ2v) is 18.4. The summed E-state index contributed by atoms with van der Waals surface area (Å²) in [5.41, 5.74) is 0. The van der Waals surface area contributed by atoms with E-state index in [1.54, 1.807) is 0 Å². The molecule has 3 fully saturated rings. The topological polar surface area (TPSA) is 49.5 Å². The van der Waals surface area contributed by atoms with Crippen LogP contribution in [0.25, 0.3) is 0 Å². The van der Waals surface area contributed by atoms with Crippen molar-refractivity contribution in [2.75, 3.05) is 0 Å². The number of ether oxygens (including phenoxy) is 1. The lowest BCUT2D eigenvalue weighted by Gasteiger charge is -2.39. The number of hydrogen-bond acceptors (Lipinski definition) is 5. The fourth-order valence-electron chi connectivity index (χ4n) is 3.60. The molecule has 3 aliphatic rings. The Kier molecular flexibility index (Phi) is 4.94. The Morgan fingerprint density at radius 2 is 2.00 bits per heavy atom. The molecule has 0 N–H and O–H groups in total. The van der Waals surface area contributed by atoms with Gasteiger partial charge in [0.2, 0.25) is 0 Å². The van der Waals surface area contributed by atoms with E-state index in [0.29, 0.717) is 12.2 Å². The highest BCUT2D eigenvalue weighted by Gasteiger charge is 2.46. The second kappa shape index (κ2) is 6.28. The summed E-state index contributed by atoms with van der Waals surface area (Å²) >= 11 is 0. The molecule has 1 saturated carbocycles. The van der Waals surface area contributed by atoms with E-state index < -0.39 is 36.4 Å². The van der Waals surface area contributed by atoms with Crippen LogP contribution < -0.4 is 0 Å². The van der Waals surface area contributed by atoms with Crippen molar-refractivity contribution in [2.45, 2.75) is 70.1 Å². The number of fused-ring (bicyclic) bond motifs is 1. The molecule has 0 bridgehead atoms. The van der Waals surface area contributed by atoms with Gasteiger partial charge in [-0.2, -0.15) is 0 Å². The number of hydrogen-bond donors (Lipinski definition) is 0. The molecular weight excluding hydrogens is 336 g/mol. The van der Waals surface area contributed by atoms with Crippen LogP contribution in [0.5, 0.6) is 0 Å². The summed E-state index contributed by atoms with van der Waals surface area (Å²) in [5, 5.41) is 0. The van der Waals surface area contributed by atoms with Gasteiger partial charge in [0, 0.05) is 0 Å². The van der Waals surface area contributed by atoms with E-state index in [9.17, 15) is 0 Å². The molecule has 0 amide bonds. The van der Waals surface area contributed by atoms with Crippen molar-refractivity contribution in [2.24, 2.45) is 5.92 Å². The maximum absolute atomic E-state index is 6.46. The minimum Gasteiger partial charge on any atom is -0.423 e. The van der Waals surface area contributed by atoms with Gasteiger partial charge in [-0.05, 0) is 63.8 Å². The van der Waals surface area contributed by atoms with E-state index in [1.165, 1.54) is 25.7 Å². The summed E-state index contributed by atoms with van der Waals surface area (Å²) < 4.78 is 30.2. The second-order valence-electron chi connectivity index (χ2n) is 7.18. The summed E-state index contributed by atoms with van der Waals surface area (Å²) in [4.78, 5) is 0. The zero-order valence-corrected chi connectivity index (χ0v) is 18.2. The molecule has 2 aliphatic heterocycles. The van der Waals surface area contributed by atoms with Gasteiger partial charge in [-0.15, -0.1) is 0 Å². The summed E-state index contributed by atoms with van der Waals surface area (Å²) in [6.07, 6.45) is 6.16. The van der Waals surface area contributed by atoms with Crippen molar-refractivity contribution in [3.63, 3.8) is 0 Å². The molecule has 0 radical (unpaired) electrons. The maximum atomic E-state index is 6.46. The quantitative estimate of drug-likeness (QED) is 0.563. The smallest absolute Gasteiger partial charge is 0.317 e. The first kappa shape index (κ1) is 16.5. The first-order valence-corrected chi connectivity index (χ1v) is 16.7. The summed E-state index contributed by atoms with van der Waals surface area (Å²) in [7, 11) is -6.67. The van der Waals surface area contributed by atoms with Gasteiger partial charge in [0.05, 0.1) is 12.2 Å². The van der Waals surface area contributed by atoms with Gasteiger partial charge in [0.15, 0.2) is 0 Å². The van der Waals surface area contributed by atoms with Crippen LogP contribution in [0.3, 0.4) is 0 Å². The third-order valence-electron chi connectivity index (χ3n) is 4.70. The molecule has 2 heterocycles. The number of rotatable bonds is 3. The van der Waals surface area contributed by atoms with E-state index in [-0.39, 0.29) is 0 Å². The Bertz CT molecular complexity index is 385. The van der Waals surface area contributed by atoms with Crippen molar-refractivity contribution < 1.29 is 21.2 Å². The lowest BCUT2D eigenvalue weighted by Crippen LogP contribution is -2.55. The Balaban J connectivity index is 1.53. The summed E-state index contributed by atoms with van der Waals surface area (Å²) in [6, 6.07) is 1.07. The van der Waals surface area contributed by atoms with E-state index >= 15 is 0 Å². The third kappa shape index (κ3) is 4.58. The molecule has 0 spiro atoms. The van der Waals surface area contributed by atoms with Crippen LogP contribution in [0.2, 0.25) is 32.2 Å². The monoisotopic (exact) mass is 364 g/mol. The summed E-state index contributed by atoms with van der Waals surface area (Å²) in [6.45, 7) is 8.54. The minimum atomic E-state index is -2.12. The third-order valence-corrected chi connectivity index (χ3v) is 18.5. The maximum Gasteiger partial charge on any atom is 0.317 e. The molecule has 0 aromatic carbocycles. The molecule has 9 heteroatoms. The van der Waals surface area contributed by atoms with Gasteiger partial charge in [-0.1, -0.05) is 0 Å². The van der Waals surface area contributed by atoms with Crippen LogP contribution in [-0.4, -0.2) is 48.6 Å². The minimum absolute atomic E-state index is 0.566. The standard InChI is InChI=1S/C12H28O5Si4/c1-19-14-18-15-21(4,17-20(2,3)16-19)8-7-10-5-6-11-12(9-10)13-11/h10-12,19H,5-9,18H2,1-4H3. The fourth-order valence-corrected chi connectivity index (χ4v) is 17.8. The Morgan fingerprint density at radius 1 is 1.19 bits per heavy atom. The SMILES string of the molecule is C[SiH]1O[SiH2]O[Si](C)(CCC2CCC3OC3C2)O[Si](C)(C)O1. The molecule has 5 atom stereocenters. The first-order valence-electron chi connectivity index (χ1n) is 8.14. The van der Waals surface area contributed by atoms with Gasteiger partial charge in [-0.25, -0.2) is 0 Å². The average molecular weight is 365 g/mol. The van der Waals surface area contributed by atoms with E-state index in [1.807, 2.05) is 0 Å². The molecule has 21 heavy (non-hydrogen) atoms. The van der Waals surface area contributed by atoms with E-state index in [0.717, 1.165) is 12.0 Å². The molecule has 122 valence electrons. The molecular formula is C12H28O5Si4. The van der Waals surface area contributed by atoms with Gasteiger partial charge in [-0.3, -0.25) is 0 Å². The lowest BCUT2D eigenvalue weighted by atomic mass is 9.88. The lowest BCUT2D eigenvalue weighted by molar-refractivity contribution is 0.264. The first-order chi connectivity index (χ1) is 9.85. The average Bonchev–Trinajstić information content (AvgIpc) is 3.12. The highest BCUT2D eigenvalue weighted by molar-refractivity contribution is 6.84. The van der Waals surface area contributed by atoms with Crippen LogP contribution in [-0.2, 0) is 21.2 Å². The molecule has 0 aromatic rings. The highest BCUT2D eigenvalue weighted by atomic mass is 28.5. The number of epoxide rings is 1. The highest BCUT2D eigenvalue weighted by Crippen LogP contribution is 2.41. The van der Waals surface area contributed by atoms with Crippen LogP contribution in [0.4, 0.5) is 0 Å². The molecule has 2 saturated heterocycles. The van der Waals surface area contributed by atoms with Crippen molar-refractivity contribution in [1.29, 1.82) is 0 Å². The molecule has 3 rings (SSSR count). The Labute approximate surface area is 134 Å². The van der Waals surface area contributed by atoms with Gasteiger partial charge < -0.3 is 21.2 Å². The van der Waals surface area contributed by atoms with Gasteiger partial charge in [0.25, 0.3) is 19.3 Å². The predicted molar refractivity (Wildman–Crippen MR) is 90.4 cm³/mol. The largest absolute Gasteiger partial charge is 0.423 e.